The van der Waals surface area contributed by atoms with Gasteiger partial charge in [0.1, 0.15) is 0 Å². The maximum Gasteiger partial charge on any atom is 0.0160 e. The average Bonchev–Trinajstić information content (AvgIpc) is 2.43. The highest BCUT2D eigenvalue weighted by atomic mass is 15.1. The molecule has 18 heavy (non-hydrogen) atoms. The first kappa shape index (κ1) is 17.7. The van der Waals surface area contributed by atoms with Crippen LogP contribution in [-0.2, 0) is 0 Å². The molecule has 0 aliphatic carbocycles. The minimum Gasteiger partial charge on any atom is -0.303 e. The summed E-state index contributed by atoms with van der Waals surface area (Å²) in [7, 11) is 4.39. The van der Waals surface area contributed by atoms with Crippen molar-refractivity contribution in [2.75, 3.05) is 33.7 Å². The largest absolute Gasteiger partial charge is 0.303 e. The molecular formula is C16H34N2. The Balaban J connectivity index is 0.000000289. The van der Waals surface area contributed by atoms with E-state index in [2.05, 4.69) is 43.0 Å². The first-order valence-corrected chi connectivity index (χ1v) is 7.77. The number of likely N-dealkylation sites (N-methyl/N-ethyl adjacent to an activating group) is 1. The molecule has 0 aromatic carbocycles. The van der Waals surface area contributed by atoms with Crippen molar-refractivity contribution in [3.63, 3.8) is 0 Å². The number of piperidine rings is 1. The van der Waals surface area contributed by atoms with E-state index in [1.807, 2.05) is 13.8 Å². The van der Waals surface area contributed by atoms with Crippen LogP contribution in [0.5, 0.6) is 0 Å². The van der Waals surface area contributed by atoms with Crippen molar-refractivity contribution < 1.29 is 0 Å². The number of rotatable bonds is 1. The molecule has 2 aliphatic rings. The molecule has 2 nitrogen and oxygen atoms in total. The van der Waals surface area contributed by atoms with E-state index in [1.54, 1.807) is 0 Å². The summed E-state index contributed by atoms with van der Waals surface area (Å²) < 4.78 is 0. The zero-order valence-corrected chi connectivity index (χ0v) is 13.3. The Labute approximate surface area is 115 Å². The summed E-state index contributed by atoms with van der Waals surface area (Å²) in [6.07, 6.45) is 11.3. The van der Waals surface area contributed by atoms with Gasteiger partial charge >= 0.3 is 0 Å². The molecule has 2 heterocycles. The van der Waals surface area contributed by atoms with E-state index in [-0.39, 0.29) is 0 Å². The summed E-state index contributed by atoms with van der Waals surface area (Å²) in [5.41, 5.74) is 0. The Morgan fingerprint density at radius 3 is 2.11 bits per heavy atom. The van der Waals surface area contributed by atoms with Crippen molar-refractivity contribution in [3.8, 4) is 0 Å². The Morgan fingerprint density at radius 2 is 1.78 bits per heavy atom. The van der Waals surface area contributed by atoms with Crippen molar-refractivity contribution in [2.24, 2.45) is 0 Å². The molecule has 1 atom stereocenters. The maximum atomic E-state index is 2.49. The molecule has 0 aromatic rings. The lowest BCUT2D eigenvalue weighted by Gasteiger charge is -2.31. The molecule has 1 fully saturated rings. The van der Waals surface area contributed by atoms with E-state index < -0.39 is 0 Å². The van der Waals surface area contributed by atoms with Crippen molar-refractivity contribution in [3.05, 3.63) is 12.2 Å². The van der Waals surface area contributed by atoms with Crippen molar-refractivity contribution in [1.82, 2.24) is 9.80 Å². The molecule has 0 aromatic heterocycles. The van der Waals surface area contributed by atoms with E-state index in [1.165, 1.54) is 45.2 Å². The monoisotopic (exact) mass is 254 g/mol. The fraction of sp³-hybridized carbons (Fsp3) is 0.875. The van der Waals surface area contributed by atoms with Crippen LogP contribution in [0.3, 0.4) is 0 Å². The number of hydrogen-bond acceptors (Lipinski definition) is 2. The molecule has 108 valence electrons. The Kier molecular flexibility index (Phi) is 11.5. The van der Waals surface area contributed by atoms with Gasteiger partial charge in [0.05, 0.1) is 0 Å². The average molecular weight is 254 g/mol. The standard InChI is InChI=1S/C8H17N.C6H11N.C2H6/c1-3-8-6-4-5-7-9(8)2;1-7-5-3-2-4-6-7;1-2/h8H,3-7H2,1-2H3;2-3H,4-6H2,1H3;1-2H3. The van der Waals surface area contributed by atoms with Crippen LogP contribution >= 0.6 is 0 Å². The third-order valence-corrected chi connectivity index (χ3v) is 3.65. The molecule has 0 N–H and O–H groups in total. The van der Waals surface area contributed by atoms with Crippen LogP contribution in [0.1, 0.15) is 52.9 Å². The summed E-state index contributed by atoms with van der Waals surface area (Å²) in [5, 5.41) is 0. The highest BCUT2D eigenvalue weighted by Crippen LogP contribution is 2.16. The van der Waals surface area contributed by atoms with E-state index in [4.69, 9.17) is 0 Å². The zero-order chi connectivity index (χ0) is 13.8. The van der Waals surface area contributed by atoms with E-state index in [0.717, 1.165) is 12.6 Å². The lowest BCUT2D eigenvalue weighted by molar-refractivity contribution is 0.181. The van der Waals surface area contributed by atoms with Gasteiger partial charge in [0, 0.05) is 19.1 Å². The Hall–Kier alpha value is -0.340. The Morgan fingerprint density at radius 1 is 1.06 bits per heavy atom. The third-order valence-electron chi connectivity index (χ3n) is 3.65. The molecule has 0 spiro atoms. The quantitative estimate of drug-likeness (QED) is 0.657. The summed E-state index contributed by atoms with van der Waals surface area (Å²) in [6.45, 7) is 9.97. The van der Waals surface area contributed by atoms with Crippen LogP contribution in [-0.4, -0.2) is 49.6 Å². The van der Waals surface area contributed by atoms with Gasteiger partial charge in [-0.25, -0.2) is 0 Å². The topological polar surface area (TPSA) is 6.48 Å². The fourth-order valence-electron chi connectivity index (χ4n) is 2.42. The first-order valence-electron chi connectivity index (χ1n) is 7.77. The third kappa shape index (κ3) is 7.88. The summed E-state index contributed by atoms with van der Waals surface area (Å²) >= 11 is 0. The van der Waals surface area contributed by atoms with Gasteiger partial charge in [-0.3, -0.25) is 0 Å². The molecule has 1 unspecified atom stereocenters. The normalized spacial score (nSPS) is 24.6. The highest BCUT2D eigenvalue weighted by molar-refractivity contribution is 4.89. The molecule has 1 saturated heterocycles. The lowest BCUT2D eigenvalue weighted by Crippen LogP contribution is -2.35. The van der Waals surface area contributed by atoms with Gasteiger partial charge in [0.25, 0.3) is 0 Å². The van der Waals surface area contributed by atoms with Crippen molar-refractivity contribution >= 4 is 0 Å². The van der Waals surface area contributed by atoms with Crippen LogP contribution < -0.4 is 0 Å². The number of likely N-dealkylation sites (tertiary alicyclic amines) is 1. The first-order chi connectivity index (χ1) is 8.74. The molecular weight excluding hydrogens is 220 g/mol. The van der Waals surface area contributed by atoms with Crippen LogP contribution in [0, 0.1) is 0 Å². The molecule has 2 heteroatoms. The predicted octanol–water partition coefficient (Wildman–Crippen LogP) is 3.79. The van der Waals surface area contributed by atoms with Crippen molar-refractivity contribution in [1.29, 1.82) is 0 Å². The van der Waals surface area contributed by atoms with Gasteiger partial charge in [-0.15, -0.1) is 0 Å². The smallest absolute Gasteiger partial charge is 0.0160 e. The van der Waals surface area contributed by atoms with Gasteiger partial charge in [-0.2, -0.15) is 0 Å². The van der Waals surface area contributed by atoms with E-state index in [0.29, 0.717) is 0 Å². The van der Waals surface area contributed by atoms with Gasteiger partial charge in [-0.05, 0) is 46.3 Å². The highest BCUT2D eigenvalue weighted by Gasteiger charge is 2.15. The molecule has 2 aliphatic heterocycles. The van der Waals surface area contributed by atoms with Crippen LogP contribution in [0.2, 0.25) is 0 Å². The van der Waals surface area contributed by atoms with Gasteiger partial charge in [-0.1, -0.05) is 39.3 Å². The summed E-state index contributed by atoms with van der Waals surface area (Å²) in [4.78, 5) is 4.80. The predicted molar refractivity (Wildman–Crippen MR) is 83.2 cm³/mol. The summed E-state index contributed by atoms with van der Waals surface area (Å²) in [6, 6.07) is 0.888. The molecule has 2 rings (SSSR count). The molecule has 0 radical (unpaired) electrons. The van der Waals surface area contributed by atoms with E-state index in [9.17, 15) is 0 Å². The molecule has 0 amide bonds. The number of hydrogen-bond donors (Lipinski definition) is 0. The number of nitrogens with zero attached hydrogens (tertiary/aromatic N) is 2. The van der Waals surface area contributed by atoms with Crippen LogP contribution in [0.4, 0.5) is 0 Å². The SMILES string of the molecule is CC.CCC1CCCCN1C.CN1CC=CCC1. The zero-order valence-electron chi connectivity index (χ0n) is 13.3. The van der Waals surface area contributed by atoms with Crippen molar-refractivity contribution in [2.45, 2.75) is 58.9 Å². The second-order valence-corrected chi connectivity index (χ2v) is 5.06. The molecule has 0 bridgehead atoms. The molecule has 0 saturated carbocycles. The summed E-state index contributed by atoms with van der Waals surface area (Å²) in [5.74, 6) is 0. The fourth-order valence-corrected chi connectivity index (χ4v) is 2.42. The Bertz CT molecular complexity index is 201. The lowest BCUT2D eigenvalue weighted by atomic mass is 10.0. The van der Waals surface area contributed by atoms with Crippen LogP contribution in [0.25, 0.3) is 0 Å². The second kappa shape index (κ2) is 11.7. The minimum atomic E-state index is 0.888. The van der Waals surface area contributed by atoms with Gasteiger partial charge in [0.2, 0.25) is 0 Å². The van der Waals surface area contributed by atoms with Gasteiger partial charge in [0.15, 0.2) is 0 Å². The minimum absolute atomic E-state index is 0.888. The second-order valence-electron chi connectivity index (χ2n) is 5.06. The van der Waals surface area contributed by atoms with Crippen LogP contribution in [0.15, 0.2) is 12.2 Å². The maximum absolute atomic E-state index is 2.49. The van der Waals surface area contributed by atoms with Gasteiger partial charge < -0.3 is 9.80 Å². The van der Waals surface area contributed by atoms with E-state index >= 15 is 0 Å².